The van der Waals surface area contributed by atoms with Gasteiger partial charge in [0.2, 0.25) is 5.91 Å². The van der Waals surface area contributed by atoms with Gasteiger partial charge in [0.05, 0.1) is 6.04 Å². The number of carbonyl (C=O) groups is 1. The van der Waals surface area contributed by atoms with Crippen LogP contribution in [-0.2, 0) is 9.53 Å². The summed E-state index contributed by atoms with van der Waals surface area (Å²) in [7, 11) is 3.50. The molecule has 0 aromatic heterocycles. The van der Waals surface area contributed by atoms with Crippen LogP contribution in [0.15, 0.2) is 0 Å². The molecule has 1 fully saturated rings. The smallest absolute Gasteiger partial charge is 0.239 e. The van der Waals surface area contributed by atoms with E-state index < -0.39 is 0 Å². The Morgan fingerprint density at radius 3 is 2.72 bits per heavy atom. The van der Waals surface area contributed by atoms with Gasteiger partial charge < -0.3 is 20.3 Å². The summed E-state index contributed by atoms with van der Waals surface area (Å²) in [6, 6.07) is -0.385. The number of rotatable bonds is 8. The van der Waals surface area contributed by atoms with Crippen molar-refractivity contribution in [3.63, 3.8) is 0 Å². The number of likely N-dealkylation sites (N-methyl/N-ethyl adjacent to an activating group) is 1. The van der Waals surface area contributed by atoms with E-state index in [0.717, 1.165) is 19.5 Å². The number of hydrogen-bond acceptors (Lipinski definition) is 4. The number of nitrogens with two attached hydrogens (primary N) is 1. The summed E-state index contributed by atoms with van der Waals surface area (Å²) in [5, 5.41) is 0. The summed E-state index contributed by atoms with van der Waals surface area (Å²) < 4.78 is 4.96. The first-order valence-electron chi connectivity index (χ1n) is 6.87. The summed E-state index contributed by atoms with van der Waals surface area (Å²) in [4.78, 5) is 16.1. The SMILES string of the molecule is COCCCC(N)C(=O)N(C)CCN1CCCC1. The third-order valence-electron chi connectivity index (χ3n) is 3.51. The molecule has 0 aromatic carbocycles. The average molecular weight is 257 g/mol. The fourth-order valence-corrected chi connectivity index (χ4v) is 2.26. The van der Waals surface area contributed by atoms with E-state index >= 15 is 0 Å². The molecule has 0 bridgehead atoms. The van der Waals surface area contributed by atoms with Gasteiger partial charge in [0.15, 0.2) is 0 Å². The van der Waals surface area contributed by atoms with Crippen molar-refractivity contribution in [2.24, 2.45) is 5.73 Å². The predicted octanol–water partition coefficient (Wildman–Crippen LogP) is 0.295. The lowest BCUT2D eigenvalue weighted by atomic mass is 10.1. The molecule has 0 aromatic rings. The third kappa shape index (κ3) is 5.33. The summed E-state index contributed by atoms with van der Waals surface area (Å²) >= 11 is 0. The second kappa shape index (κ2) is 8.45. The molecular weight excluding hydrogens is 230 g/mol. The lowest BCUT2D eigenvalue weighted by Crippen LogP contribution is -2.44. The van der Waals surface area contributed by atoms with Crippen molar-refractivity contribution in [3.05, 3.63) is 0 Å². The van der Waals surface area contributed by atoms with Crippen LogP contribution in [0.3, 0.4) is 0 Å². The second-order valence-corrected chi connectivity index (χ2v) is 5.05. The number of hydrogen-bond donors (Lipinski definition) is 1. The third-order valence-corrected chi connectivity index (χ3v) is 3.51. The molecule has 106 valence electrons. The molecule has 1 atom stereocenters. The lowest BCUT2D eigenvalue weighted by molar-refractivity contribution is -0.131. The van der Waals surface area contributed by atoms with Gasteiger partial charge in [-0.25, -0.2) is 0 Å². The zero-order valence-corrected chi connectivity index (χ0v) is 11.7. The highest BCUT2D eigenvalue weighted by atomic mass is 16.5. The van der Waals surface area contributed by atoms with Gasteiger partial charge in [-0.05, 0) is 38.8 Å². The van der Waals surface area contributed by atoms with Crippen molar-refractivity contribution >= 4 is 5.91 Å². The maximum absolute atomic E-state index is 12.0. The fraction of sp³-hybridized carbons (Fsp3) is 0.923. The first kappa shape index (κ1) is 15.4. The van der Waals surface area contributed by atoms with Gasteiger partial charge >= 0.3 is 0 Å². The quantitative estimate of drug-likeness (QED) is 0.635. The Bertz CT molecular complexity index is 242. The zero-order valence-electron chi connectivity index (χ0n) is 11.7. The van der Waals surface area contributed by atoms with Crippen LogP contribution >= 0.6 is 0 Å². The lowest BCUT2D eigenvalue weighted by Gasteiger charge is -2.24. The molecule has 1 amide bonds. The van der Waals surface area contributed by atoms with E-state index in [1.165, 1.54) is 25.9 Å². The average Bonchev–Trinajstić information content (AvgIpc) is 2.88. The van der Waals surface area contributed by atoms with Gasteiger partial charge in [-0.2, -0.15) is 0 Å². The van der Waals surface area contributed by atoms with Gasteiger partial charge in [-0.15, -0.1) is 0 Å². The minimum Gasteiger partial charge on any atom is -0.385 e. The molecule has 0 aliphatic carbocycles. The molecule has 0 saturated carbocycles. The summed E-state index contributed by atoms with van der Waals surface area (Å²) in [6.45, 7) is 4.74. The molecule has 1 unspecified atom stereocenters. The van der Waals surface area contributed by atoms with Gasteiger partial charge in [0.1, 0.15) is 0 Å². The number of carbonyl (C=O) groups excluding carboxylic acids is 1. The maximum atomic E-state index is 12.0. The minimum absolute atomic E-state index is 0.0466. The van der Waals surface area contributed by atoms with Crippen molar-refractivity contribution in [1.82, 2.24) is 9.80 Å². The Morgan fingerprint density at radius 1 is 1.44 bits per heavy atom. The normalized spacial score (nSPS) is 17.9. The number of ether oxygens (including phenoxy) is 1. The molecular formula is C13H27N3O2. The number of amides is 1. The van der Waals surface area contributed by atoms with Crippen LogP contribution < -0.4 is 5.73 Å². The first-order valence-corrected chi connectivity index (χ1v) is 6.87. The molecule has 1 heterocycles. The topological polar surface area (TPSA) is 58.8 Å². The van der Waals surface area contributed by atoms with Crippen molar-refractivity contribution < 1.29 is 9.53 Å². The Labute approximate surface area is 110 Å². The van der Waals surface area contributed by atoms with Gasteiger partial charge in [0.25, 0.3) is 0 Å². The van der Waals surface area contributed by atoms with E-state index in [1.54, 1.807) is 12.0 Å². The van der Waals surface area contributed by atoms with Crippen LogP contribution in [0.25, 0.3) is 0 Å². The molecule has 1 rings (SSSR count). The molecule has 1 aliphatic rings. The van der Waals surface area contributed by atoms with Gasteiger partial charge in [0, 0.05) is 33.9 Å². The molecule has 1 saturated heterocycles. The monoisotopic (exact) mass is 257 g/mol. The van der Waals surface area contributed by atoms with Gasteiger partial charge in [-0.1, -0.05) is 0 Å². The number of likely N-dealkylation sites (tertiary alicyclic amines) is 1. The summed E-state index contributed by atoms with van der Waals surface area (Å²) in [5.41, 5.74) is 5.88. The summed E-state index contributed by atoms with van der Waals surface area (Å²) in [6.07, 6.45) is 4.10. The van der Waals surface area contributed by atoms with Crippen molar-refractivity contribution in [3.8, 4) is 0 Å². The molecule has 18 heavy (non-hydrogen) atoms. The highest BCUT2D eigenvalue weighted by Crippen LogP contribution is 2.07. The molecule has 1 aliphatic heterocycles. The predicted molar refractivity (Wildman–Crippen MR) is 72.4 cm³/mol. The Morgan fingerprint density at radius 2 is 2.11 bits per heavy atom. The van der Waals surface area contributed by atoms with Crippen LogP contribution in [0.2, 0.25) is 0 Å². The largest absolute Gasteiger partial charge is 0.385 e. The van der Waals surface area contributed by atoms with E-state index in [2.05, 4.69) is 4.90 Å². The first-order chi connectivity index (χ1) is 8.65. The van der Waals surface area contributed by atoms with E-state index in [4.69, 9.17) is 10.5 Å². The van der Waals surface area contributed by atoms with Crippen molar-refractivity contribution in [2.75, 3.05) is 46.9 Å². The fourth-order valence-electron chi connectivity index (χ4n) is 2.26. The van der Waals surface area contributed by atoms with E-state index in [0.29, 0.717) is 13.0 Å². The highest BCUT2D eigenvalue weighted by Gasteiger charge is 2.19. The number of methoxy groups -OCH3 is 1. The van der Waals surface area contributed by atoms with Crippen LogP contribution in [0.4, 0.5) is 0 Å². The Hall–Kier alpha value is -0.650. The second-order valence-electron chi connectivity index (χ2n) is 5.05. The van der Waals surface area contributed by atoms with Crippen LogP contribution in [0, 0.1) is 0 Å². The van der Waals surface area contributed by atoms with Crippen LogP contribution in [-0.4, -0.2) is 68.7 Å². The maximum Gasteiger partial charge on any atom is 0.239 e. The zero-order chi connectivity index (χ0) is 13.4. The molecule has 5 nitrogen and oxygen atoms in total. The van der Waals surface area contributed by atoms with E-state index in [9.17, 15) is 4.79 Å². The highest BCUT2D eigenvalue weighted by molar-refractivity contribution is 5.81. The van der Waals surface area contributed by atoms with E-state index in [1.807, 2.05) is 7.05 Å². The van der Waals surface area contributed by atoms with Crippen molar-refractivity contribution in [1.29, 1.82) is 0 Å². The molecule has 0 radical (unpaired) electrons. The Kier molecular flexibility index (Phi) is 7.23. The molecule has 5 heteroatoms. The minimum atomic E-state index is -0.385. The standard InChI is InChI=1S/C13H27N3O2/c1-15(9-10-16-7-3-4-8-16)13(17)12(14)6-5-11-18-2/h12H,3-11,14H2,1-2H3. The molecule has 0 spiro atoms. The van der Waals surface area contributed by atoms with Gasteiger partial charge in [-0.3, -0.25) is 4.79 Å². The number of nitrogens with zero attached hydrogens (tertiary/aromatic N) is 2. The van der Waals surface area contributed by atoms with Crippen molar-refractivity contribution in [2.45, 2.75) is 31.7 Å². The van der Waals surface area contributed by atoms with Crippen LogP contribution in [0.1, 0.15) is 25.7 Å². The summed E-state index contributed by atoms with van der Waals surface area (Å²) in [5.74, 6) is 0.0466. The Balaban J connectivity index is 2.17. The molecule has 2 N–H and O–H groups in total. The van der Waals surface area contributed by atoms with E-state index in [-0.39, 0.29) is 11.9 Å². The van der Waals surface area contributed by atoms with Crippen LogP contribution in [0.5, 0.6) is 0 Å².